The molecular weight excluding hydrogens is 489 g/mol. The van der Waals surface area contributed by atoms with E-state index >= 15 is 0 Å². The summed E-state index contributed by atoms with van der Waals surface area (Å²) in [4.78, 5) is 14.8. The number of urea groups is 1. The van der Waals surface area contributed by atoms with E-state index in [1.165, 1.54) is 4.90 Å². The second-order valence-corrected chi connectivity index (χ2v) is 9.78. The molecular formula is C31H33F3N2O2. The summed E-state index contributed by atoms with van der Waals surface area (Å²) in [6.45, 7) is 6.61. The molecule has 0 aliphatic rings. The monoisotopic (exact) mass is 522 g/mol. The van der Waals surface area contributed by atoms with E-state index in [0.29, 0.717) is 30.0 Å². The van der Waals surface area contributed by atoms with Gasteiger partial charge in [0.2, 0.25) is 0 Å². The number of unbranched alkanes of at least 4 members (excludes halogenated alkanes) is 4. The number of amides is 2. The number of fused-ring (bicyclic) bond motifs is 1. The fourth-order valence-electron chi connectivity index (χ4n) is 4.59. The van der Waals surface area contributed by atoms with Crippen molar-refractivity contribution in [3.8, 4) is 11.1 Å². The SMILES string of the molecule is CCCCCCCN(Cc1oc2ccc(C)cc2c1-c1ccc(C)cc1)C(=O)Nc1c(F)cc(F)cc1F. The Hall–Kier alpha value is -3.74. The number of hydrogen-bond acceptors (Lipinski definition) is 2. The first kappa shape index (κ1) is 27.3. The lowest BCUT2D eigenvalue weighted by atomic mass is 9.99. The lowest BCUT2D eigenvalue weighted by Crippen LogP contribution is -2.36. The van der Waals surface area contributed by atoms with Crippen LogP contribution in [0.5, 0.6) is 0 Å². The lowest BCUT2D eigenvalue weighted by Gasteiger charge is -2.23. The zero-order valence-electron chi connectivity index (χ0n) is 22.0. The molecule has 0 saturated carbocycles. The van der Waals surface area contributed by atoms with Crippen LogP contribution in [0.1, 0.15) is 55.9 Å². The van der Waals surface area contributed by atoms with E-state index in [4.69, 9.17) is 4.42 Å². The Labute approximate surface area is 221 Å². The van der Waals surface area contributed by atoms with Gasteiger partial charge in [-0.1, -0.05) is 74.1 Å². The van der Waals surface area contributed by atoms with Gasteiger partial charge in [0, 0.05) is 29.6 Å². The Morgan fingerprint density at radius 3 is 2.21 bits per heavy atom. The normalized spacial score (nSPS) is 11.2. The van der Waals surface area contributed by atoms with Gasteiger partial charge in [0.15, 0.2) is 11.6 Å². The summed E-state index contributed by atoms with van der Waals surface area (Å²) in [7, 11) is 0. The minimum absolute atomic E-state index is 0.0982. The number of halogens is 3. The zero-order valence-corrected chi connectivity index (χ0v) is 22.0. The van der Waals surface area contributed by atoms with Crippen molar-refractivity contribution in [1.29, 1.82) is 0 Å². The van der Waals surface area contributed by atoms with Gasteiger partial charge in [0.25, 0.3) is 0 Å². The van der Waals surface area contributed by atoms with Crippen molar-refractivity contribution in [2.45, 2.75) is 59.4 Å². The van der Waals surface area contributed by atoms with Gasteiger partial charge in [-0.2, -0.15) is 0 Å². The molecule has 1 N–H and O–H groups in total. The smallest absolute Gasteiger partial charge is 0.322 e. The molecule has 0 saturated heterocycles. The third-order valence-electron chi connectivity index (χ3n) is 6.65. The van der Waals surface area contributed by atoms with Crippen LogP contribution in [0.2, 0.25) is 0 Å². The summed E-state index contributed by atoms with van der Waals surface area (Å²) in [5.41, 5.74) is 4.05. The van der Waals surface area contributed by atoms with Crippen LogP contribution < -0.4 is 5.32 Å². The van der Waals surface area contributed by atoms with E-state index in [1.54, 1.807) is 0 Å². The van der Waals surface area contributed by atoms with Crippen LogP contribution in [-0.2, 0) is 6.54 Å². The average Bonchev–Trinajstić information content (AvgIpc) is 3.22. The van der Waals surface area contributed by atoms with Gasteiger partial charge in [0.1, 0.15) is 22.8 Å². The summed E-state index contributed by atoms with van der Waals surface area (Å²) in [5, 5.41) is 3.25. The number of carbonyl (C=O) groups excluding carboxylic acids is 1. The number of nitrogens with zero attached hydrogens (tertiary/aromatic N) is 1. The molecule has 4 rings (SSSR count). The van der Waals surface area contributed by atoms with Gasteiger partial charge in [-0.05, 0) is 38.0 Å². The molecule has 1 heterocycles. The molecule has 7 heteroatoms. The highest BCUT2D eigenvalue weighted by atomic mass is 19.1. The van der Waals surface area contributed by atoms with Crippen LogP contribution in [0, 0.1) is 31.3 Å². The molecule has 200 valence electrons. The average molecular weight is 523 g/mol. The molecule has 2 amide bonds. The topological polar surface area (TPSA) is 45.5 Å². The highest BCUT2D eigenvalue weighted by Gasteiger charge is 2.23. The van der Waals surface area contributed by atoms with Crippen molar-refractivity contribution in [1.82, 2.24) is 4.90 Å². The van der Waals surface area contributed by atoms with Crippen molar-refractivity contribution < 1.29 is 22.4 Å². The van der Waals surface area contributed by atoms with E-state index < -0.39 is 29.2 Å². The van der Waals surface area contributed by atoms with Crippen LogP contribution in [0.3, 0.4) is 0 Å². The minimum atomic E-state index is -1.17. The molecule has 0 aliphatic carbocycles. The predicted molar refractivity (Wildman–Crippen MR) is 146 cm³/mol. The number of aryl methyl sites for hydroxylation is 2. The molecule has 0 fully saturated rings. The van der Waals surface area contributed by atoms with Crippen LogP contribution in [0.15, 0.2) is 59.0 Å². The molecule has 4 nitrogen and oxygen atoms in total. The van der Waals surface area contributed by atoms with Crippen LogP contribution >= 0.6 is 0 Å². The van der Waals surface area contributed by atoms with Crippen molar-refractivity contribution >= 4 is 22.7 Å². The number of anilines is 1. The second kappa shape index (κ2) is 12.2. The van der Waals surface area contributed by atoms with Crippen LogP contribution in [0.25, 0.3) is 22.1 Å². The van der Waals surface area contributed by atoms with Crippen molar-refractivity contribution in [2.24, 2.45) is 0 Å². The first-order chi connectivity index (χ1) is 18.3. The molecule has 1 aromatic heterocycles. The summed E-state index contributed by atoms with van der Waals surface area (Å²) >= 11 is 0. The standard InChI is InChI=1S/C31H33F3N2O2/c1-4-5-6-7-8-15-36(31(37)35-30-25(33)17-23(32)18-26(30)34)19-28-29(22-12-9-20(2)10-13-22)24-16-21(3)11-14-27(24)38-28/h9-14,16-18H,4-8,15,19H2,1-3H3,(H,35,37). The van der Waals surface area contributed by atoms with Crippen LogP contribution in [-0.4, -0.2) is 17.5 Å². The number of hydrogen-bond donors (Lipinski definition) is 1. The quantitative estimate of drug-likeness (QED) is 0.211. The van der Waals surface area contributed by atoms with Gasteiger partial charge in [0.05, 0.1) is 6.54 Å². The summed E-state index contributed by atoms with van der Waals surface area (Å²) in [6.07, 6.45) is 4.86. The van der Waals surface area contributed by atoms with Crippen molar-refractivity contribution in [3.05, 3.63) is 88.9 Å². The molecule has 0 bridgehead atoms. The van der Waals surface area contributed by atoms with Crippen molar-refractivity contribution in [2.75, 3.05) is 11.9 Å². The van der Waals surface area contributed by atoms with E-state index in [1.807, 2.05) is 50.2 Å². The van der Waals surface area contributed by atoms with E-state index in [9.17, 15) is 18.0 Å². The maximum Gasteiger partial charge on any atom is 0.322 e. The molecule has 4 aromatic rings. The Morgan fingerprint density at radius 1 is 0.868 bits per heavy atom. The molecule has 38 heavy (non-hydrogen) atoms. The third-order valence-corrected chi connectivity index (χ3v) is 6.65. The van der Waals surface area contributed by atoms with E-state index in [0.717, 1.165) is 59.7 Å². The molecule has 0 radical (unpaired) electrons. The second-order valence-electron chi connectivity index (χ2n) is 9.78. The number of nitrogens with one attached hydrogen (secondary N) is 1. The summed E-state index contributed by atoms with van der Waals surface area (Å²) in [5.74, 6) is -2.80. The maximum absolute atomic E-state index is 14.3. The van der Waals surface area contributed by atoms with Crippen LogP contribution in [0.4, 0.5) is 23.7 Å². The predicted octanol–water partition coefficient (Wildman–Crippen LogP) is 9.14. The Kier molecular flexibility index (Phi) is 8.77. The first-order valence-corrected chi connectivity index (χ1v) is 13.1. The number of furan rings is 1. The van der Waals surface area contributed by atoms with Gasteiger partial charge < -0.3 is 14.6 Å². The molecule has 0 atom stereocenters. The van der Waals surface area contributed by atoms with Gasteiger partial charge in [-0.25, -0.2) is 18.0 Å². The highest BCUT2D eigenvalue weighted by Crippen LogP contribution is 2.36. The molecule has 0 aliphatic heterocycles. The Balaban J connectivity index is 1.69. The minimum Gasteiger partial charge on any atom is -0.459 e. The fraction of sp³-hybridized carbons (Fsp3) is 0.323. The van der Waals surface area contributed by atoms with E-state index in [-0.39, 0.29) is 6.54 Å². The molecule has 0 unspecified atom stereocenters. The molecule has 0 spiro atoms. The summed E-state index contributed by atoms with van der Waals surface area (Å²) < 4.78 is 48.3. The molecule has 3 aromatic carbocycles. The third kappa shape index (κ3) is 6.39. The van der Waals surface area contributed by atoms with Gasteiger partial charge >= 0.3 is 6.03 Å². The largest absolute Gasteiger partial charge is 0.459 e. The lowest BCUT2D eigenvalue weighted by molar-refractivity contribution is 0.203. The fourth-order valence-corrected chi connectivity index (χ4v) is 4.59. The first-order valence-electron chi connectivity index (χ1n) is 13.1. The number of rotatable bonds is 10. The zero-order chi connectivity index (χ0) is 27.2. The van der Waals surface area contributed by atoms with Crippen molar-refractivity contribution in [3.63, 3.8) is 0 Å². The Morgan fingerprint density at radius 2 is 1.53 bits per heavy atom. The maximum atomic E-state index is 14.3. The van der Waals surface area contributed by atoms with Gasteiger partial charge in [-0.15, -0.1) is 0 Å². The number of carbonyl (C=O) groups is 1. The highest BCUT2D eigenvalue weighted by molar-refractivity contribution is 5.96. The summed E-state index contributed by atoms with van der Waals surface area (Å²) in [6, 6.07) is 14.4. The number of benzene rings is 3. The van der Waals surface area contributed by atoms with Gasteiger partial charge in [-0.3, -0.25) is 0 Å². The Bertz CT molecular complexity index is 1390. The van der Waals surface area contributed by atoms with E-state index in [2.05, 4.69) is 18.3 Å².